The van der Waals surface area contributed by atoms with Crippen LogP contribution < -0.4 is 11.1 Å². The Morgan fingerprint density at radius 3 is 2.42 bits per heavy atom. The van der Waals surface area contributed by atoms with Crippen molar-refractivity contribution in [1.82, 2.24) is 10.2 Å². The number of hydrogen-bond donors (Lipinski definition) is 2. The first-order valence-corrected chi connectivity index (χ1v) is 6.48. The molecule has 108 valence electrons. The van der Waals surface area contributed by atoms with Crippen molar-refractivity contribution in [3.63, 3.8) is 0 Å². The van der Waals surface area contributed by atoms with Crippen LogP contribution in [0.2, 0.25) is 0 Å². The van der Waals surface area contributed by atoms with E-state index in [9.17, 15) is 14.4 Å². The molecule has 1 rings (SSSR count). The van der Waals surface area contributed by atoms with Crippen molar-refractivity contribution in [1.29, 1.82) is 0 Å². The molecule has 2 unspecified atom stereocenters. The third-order valence-corrected chi connectivity index (χ3v) is 2.97. The van der Waals surface area contributed by atoms with Crippen LogP contribution in [0.5, 0.6) is 0 Å². The summed E-state index contributed by atoms with van der Waals surface area (Å²) < 4.78 is 4.65. The summed E-state index contributed by atoms with van der Waals surface area (Å²) in [6.07, 6.45) is 1.96. The van der Waals surface area contributed by atoms with Crippen LogP contribution in [0, 0.1) is 0 Å². The van der Waals surface area contributed by atoms with Crippen LogP contribution in [0.3, 0.4) is 0 Å². The van der Waals surface area contributed by atoms with Gasteiger partial charge >= 0.3 is 5.97 Å². The summed E-state index contributed by atoms with van der Waals surface area (Å²) in [5, 5.41) is 2.44. The molecule has 0 bridgehead atoms. The number of nitrogens with two attached hydrogens (primary N) is 1. The fraction of sp³-hybridized carbons (Fsp3) is 0.750. The molecule has 2 atom stereocenters. The van der Waals surface area contributed by atoms with Gasteiger partial charge in [0, 0.05) is 13.1 Å². The maximum atomic E-state index is 12.0. The standard InChI is InChI=1S/C12H21N3O4/c1-3-19-12(18)9(13)10(16)14-8(2)11(17)15-6-4-5-7-15/h8-9H,3-7,13H2,1-2H3,(H,14,16). The number of carbonyl (C=O) groups excluding carboxylic acids is 3. The van der Waals surface area contributed by atoms with E-state index in [1.165, 1.54) is 0 Å². The van der Waals surface area contributed by atoms with E-state index in [2.05, 4.69) is 10.1 Å². The largest absolute Gasteiger partial charge is 0.464 e. The highest BCUT2D eigenvalue weighted by Crippen LogP contribution is 2.08. The van der Waals surface area contributed by atoms with Crippen molar-refractivity contribution in [3.05, 3.63) is 0 Å². The van der Waals surface area contributed by atoms with E-state index in [0.717, 1.165) is 12.8 Å². The first-order valence-electron chi connectivity index (χ1n) is 6.48. The minimum atomic E-state index is -1.39. The summed E-state index contributed by atoms with van der Waals surface area (Å²) in [5.74, 6) is -1.64. The molecule has 1 saturated heterocycles. The summed E-state index contributed by atoms with van der Waals surface area (Å²) in [7, 11) is 0. The van der Waals surface area contributed by atoms with Crippen LogP contribution in [-0.2, 0) is 19.1 Å². The van der Waals surface area contributed by atoms with Crippen LogP contribution in [0.15, 0.2) is 0 Å². The third-order valence-electron chi connectivity index (χ3n) is 2.97. The van der Waals surface area contributed by atoms with Crippen LogP contribution >= 0.6 is 0 Å². The van der Waals surface area contributed by atoms with Gasteiger partial charge in [-0.25, -0.2) is 4.79 Å². The van der Waals surface area contributed by atoms with Crippen molar-refractivity contribution in [2.45, 2.75) is 38.8 Å². The average Bonchev–Trinajstić information content (AvgIpc) is 2.90. The smallest absolute Gasteiger partial charge is 0.332 e. The number of carbonyl (C=O) groups is 3. The van der Waals surface area contributed by atoms with Crippen molar-refractivity contribution < 1.29 is 19.1 Å². The number of ether oxygens (including phenoxy) is 1. The Bertz CT molecular complexity index is 353. The molecule has 0 aromatic carbocycles. The molecule has 0 saturated carbocycles. The summed E-state index contributed by atoms with van der Waals surface area (Å²) in [6, 6.07) is -2.08. The van der Waals surface area contributed by atoms with Crippen LogP contribution in [0.25, 0.3) is 0 Å². The van der Waals surface area contributed by atoms with Gasteiger partial charge in [-0.1, -0.05) is 0 Å². The Kier molecular flexibility index (Phi) is 5.75. The molecule has 2 amide bonds. The Morgan fingerprint density at radius 1 is 1.32 bits per heavy atom. The molecular weight excluding hydrogens is 250 g/mol. The Hall–Kier alpha value is -1.63. The Labute approximate surface area is 112 Å². The molecular formula is C12H21N3O4. The fourth-order valence-corrected chi connectivity index (χ4v) is 1.92. The van der Waals surface area contributed by atoms with Gasteiger partial charge in [0.05, 0.1) is 6.61 Å². The lowest BCUT2D eigenvalue weighted by atomic mass is 10.2. The van der Waals surface area contributed by atoms with E-state index >= 15 is 0 Å². The Morgan fingerprint density at radius 2 is 1.89 bits per heavy atom. The van der Waals surface area contributed by atoms with E-state index < -0.39 is 24.0 Å². The highest BCUT2D eigenvalue weighted by Gasteiger charge is 2.29. The van der Waals surface area contributed by atoms with Gasteiger partial charge in [0.1, 0.15) is 6.04 Å². The van der Waals surface area contributed by atoms with E-state index in [0.29, 0.717) is 13.1 Å². The number of rotatable bonds is 5. The minimum absolute atomic E-state index is 0.151. The molecule has 0 aliphatic carbocycles. The van der Waals surface area contributed by atoms with Gasteiger partial charge in [-0.15, -0.1) is 0 Å². The van der Waals surface area contributed by atoms with E-state index in [-0.39, 0.29) is 12.5 Å². The molecule has 19 heavy (non-hydrogen) atoms. The predicted molar refractivity (Wildman–Crippen MR) is 68.0 cm³/mol. The number of esters is 1. The summed E-state index contributed by atoms with van der Waals surface area (Å²) in [5.41, 5.74) is 5.44. The minimum Gasteiger partial charge on any atom is -0.464 e. The van der Waals surface area contributed by atoms with Gasteiger partial charge in [0.15, 0.2) is 6.04 Å². The average molecular weight is 271 g/mol. The summed E-state index contributed by atoms with van der Waals surface area (Å²) in [6.45, 7) is 4.78. The molecule has 1 fully saturated rings. The summed E-state index contributed by atoms with van der Waals surface area (Å²) >= 11 is 0. The van der Waals surface area contributed by atoms with Gasteiger partial charge in [-0.3, -0.25) is 9.59 Å². The first kappa shape index (κ1) is 15.4. The highest BCUT2D eigenvalue weighted by molar-refractivity contribution is 6.03. The number of hydrogen-bond acceptors (Lipinski definition) is 5. The molecule has 7 nitrogen and oxygen atoms in total. The zero-order valence-corrected chi connectivity index (χ0v) is 11.3. The second-order valence-corrected chi connectivity index (χ2v) is 4.49. The zero-order chi connectivity index (χ0) is 14.4. The van der Waals surface area contributed by atoms with E-state index in [1.54, 1.807) is 18.7 Å². The molecule has 7 heteroatoms. The predicted octanol–water partition coefficient (Wildman–Crippen LogP) is -0.996. The van der Waals surface area contributed by atoms with Gasteiger partial charge < -0.3 is 20.7 Å². The molecule has 0 aromatic rings. The lowest BCUT2D eigenvalue weighted by molar-refractivity contribution is -0.149. The third kappa shape index (κ3) is 4.20. The molecule has 0 radical (unpaired) electrons. The maximum absolute atomic E-state index is 12.0. The van der Waals surface area contributed by atoms with Crippen molar-refractivity contribution >= 4 is 17.8 Å². The molecule has 1 heterocycles. The Balaban J connectivity index is 2.46. The number of likely N-dealkylation sites (tertiary alicyclic amines) is 1. The van der Waals surface area contributed by atoms with Crippen LogP contribution in [0.4, 0.5) is 0 Å². The molecule has 3 N–H and O–H groups in total. The highest BCUT2D eigenvalue weighted by atomic mass is 16.5. The topological polar surface area (TPSA) is 102 Å². The number of nitrogens with one attached hydrogen (secondary N) is 1. The van der Waals surface area contributed by atoms with Gasteiger partial charge in [0.2, 0.25) is 11.8 Å². The van der Waals surface area contributed by atoms with Crippen molar-refractivity contribution in [2.24, 2.45) is 5.73 Å². The van der Waals surface area contributed by atoms with Crippen molar-refractivity contribution in [3.8, 4) is 0 Å². The zero-order valence-electron chi connectivity index (χ0n) is 11.3. The quantitative estimate of drug-likeness (QED) is 0.493. The van der Waals surface area contributed by atoms with Gasteiger partial charge in [-0.2, -0.15) is 0 Å². The lowest BCUT2D eigenvalue weighted by Gasteiger charge is -2.22. The van der Waals surface area contributed by atoms with Crippen LogP contribution in [0.1, 0.15) is 26.7 Å². The molecule has 0 aromatic heterocycles. The molecule has 0 spiro atoms. The second kappa shape index (κ2) is 7.08. The maximum Gasteiger partial charge on any atom is 0.332 e. The fourth-order valence-electron chi connectivity index (χ4n) is 1.92. The SMILES string of the molecule is CCOC(=O)C(N)C(=O)NC(C)C(=O)N1CCCC1. The van der Waals surface area contributed by atoms with Crippen molar-refractivity contribution in [2.75, 3.05) is 19.7 Å². The summed E-state index contributed by atoms with van der Waals surface area (Å²) in [4.78, 5) is 36.6. The number of amides is 2. The van der Waals surface area contributed by atoms with E-state index in [1.807, 2.05) is 0 Å². The van der Waals surface area contributed by atoms with Crippen LogP contribution in [-0.4, -0.2) is 54.5 Å². The lowest BCUT2D eigenvalue weighted by Crippen LogP contribution is -2.53. The van der Waals surface area contributed by atoms with E-state index in [4.69, 9.17) is 5.73 Å². The van der Waals surface area contributed by atoms with Gasteiger partial charge in [-0.05, 0) is 26.7 Å². The number of nitrogens with zero attached hydrogens (tertiary/aromatic N) is 1. The normalized spacial score (nSPS) is 17.7. The van der Waals surface area contributed by atoms with Gasteiger partial charge in [0.25, 0.3) is 0 Å². The second-order valence-electron chi connectivity index (χ2n) is 4.49. The monoisotopic (exact) mass is 271 g/mol. The molecule has 1 aliphatic rings. The first-order chi connectivity index (χ1) is 8.97. The molecule has 1 aliphatic heterocycles.